The van der Waals surface area contributed by atoms with Crippen molar-refractivity contribution in [2.24, 2.45) is 0 Å². The Kier molecular flexibility index (Phi) is 1.79. The lowest BCUT2D eigenvalue weighted by Crippen LogP contribution is -1.64. The third kappa shape index (κ3) is 1.23. The highest BCUT2D eigenvalue weighted by Gasteiger charge is 2.01. The molecule has 0 N–H and O–H groups in total. The molecule has 0 saturated carbocycles. The summed E-state index contributed by atoms with van der Waals surface area (Å²) in [5, 5.41) is 0. The zero-order valence-electron chi connectivity index (χ0n) is 5.45. The van der Waals surface area contributed by atoms with Crippen LogP contribution >= 0.6 is 23.5 Å². The number of para-hydroxylation sites is 1. The van der Waals surface area contributed by atoms with Crippen LogP contribution in [-0.2, 0) is 0 Å². The number of rotatable bonds is 1. The van der Waals surface area contributed by atoms with Crippen molar-refractivity contribution in [2.45, 2.75) is 4.34 Å². The molecule has 1 aromatic carbocycles. The molecular formula is C7H4FNS2. The Hall–Kier alpha value is -0.610. The Morgan fingerprint density at radius 1 is 1.36 bits per heavy atom. The summed E-state index contributed by atoms with van der Waals surface area (Å²) in [6.07, 6.45) is 0. The van der Waals surface area contributed by atoms with Gasteiger partial charge in [0, 0.05) is 0 Å². The van der Waals surface area contributed by atoms with E-state index in [1.807, 2.05) is 24.3 Å². The number of fused-ring (bicyclic) bond motifs is 1. The third-order valence-corrected chi connectivity index (χ3v) is 2.83. The molecule has 11 heavy (non-hydrogen) atoms. The van der Waals surface area contributed by atoms with Crippen molar-refractivity contribution in [3.05, 3.63) is 24.3 Å². The number of hydrogen-bond donors (Lipinski definition) is 0. The zero-order chi connectivity index (χ0) is 7.68. The van der Waals surface area contributed by atoms with Crippen molar-refractivity contribution < 1.29 is 3.89 Å². The van der Waals surface area contributed by atoms with Crippen LogP contribution in [0.1, 0.15) is 0 Å². The molecule has 0 saturated heterocycles. The van der Waals surface area contributed by atoms with Crippen molar-refractivity contribution in [3.63, 3.8) is 0 Å². The zero-order valence-corrected chi connectivity index (χ0v) is 7.08. The first-order valence-corrected chi connectivity index (χ1v) is 4.57. The smallest absolute Gasteiger partial charge is 0.183 e. The monoisotopic (exact) mass is 185 g/mol. The quantitative estimate of drug-likeness (QED) is 0.676. The number of nitrogens with zero attached hydrogens (tertiary/aromatic N) is 1. The summed E-state index contributed by atoms with van der Waals surface area (Å²) in [4.78, 5) is 4.04. The van der Waals surface area contributed by atoms with Crippen LogP contribution in [0.25, 0.3) is 10.2 Å². The van der Waals surface area contributed by atoms with E-state index in [2.05, 4.69) is 4.98 Å². The minimum absolute atomic E-state index is 0.202. The van der Waals surface area contributed by atoms with Crippen LogP contribution in [-0.4, -0.2) is 4.98 Å². The summed E-state index contributed by atoms with van der Waals surface area (Å²) in [6.45, 7) is 0. The second-order valence-corrected chi connectivity index (χ2v) is 3.85. The number of thiazole rings is 1. The summed E-state index contributed by atoms with van der Waals surface area (Å²) in [5.74, 6) is 0. The summed E-state index contributed by atoms with van der Waals surface area (Å²) in [5.41, 5.74) is 0.873. The van der Waals surface area contributed by atoms with Crippen LogP contribution in [0.4, 0.5) is 3.89 Å². The summed E-state index contributed by atoms with van der Waals surface area (Å²) < 4.78 is 13.5. The molecule has 0 bridgehead atoms. The SMILES string of the molecule is FSc1nc2ccccc2s1. The summed E-state index contributed by atoms with van der Waals surface area (Å²) in [7, 11) is 0. The molecule has 0 aliphatic rings. The number of hydrogen-bond acceptors (Lipinski definition) is 3. The lowest BCUT2D eigenvalue weighted by atomic mass is 10.3. The van der Waals surface area contributed by atoms with Crippen LogP contribution in [0.15, 0.2) is 28.6 Å². The van der Waals surface area contributed by atoms with E-state index in [1.54, 1.807) is 0 Å². The van der Waals surface area contributed by atoms with Crippen molar-refractivity contribution in [2.75, 3.05) is 0 Å². The topological polar surface area (TPSA) is 12.9 Å². The molecular weight excluding hydrogens is 181 g/mol. The molecule has 1 heterocycles. The van der Waals surface area contributed by atoms with E-state index in [9.17, 15) is 3.89 Å². The van der Waals surface area contributed by atoms with Gasteiger partial charge in [-0.1, -0.05) is 12.1 Å². The van der Waals surface area contributed by atoms with Gasteiger partial charge in [0.05, 0.1) is 10.2 Å². The molecule has 0 aliphatic heterocycles. The lowest BCUT2D eigenvalue weighted by molar-refractivity contribution is 0.931. The fourth-order valence-electron chi connectivity index (χ4n) is 0.884. The van der Waals surface area contributed by atoms with Gasteiger partial charge in [-0.2, -0.15) is 3.89 Å². The Bertz CT molecular complexity index is 338. The molecule has 0 aliphatic carbocycles. The Labute approximate surface area is 71.6 Å². The van der Waals surface area contributed by atoms with E-state index < -0.39 is 0 Å². The average molecular weight is 185 g/mol. The number of halogens is 1. The summed E-state index contributed by atoms with van der Waals surface area (Å²) >= 11 is 1.58. The van der Waals surface area contributed by atoms with Gasteiger partial charge in [-0.15, -0.1) is 11.3 Å². The molecule has 56 valence electrons. The molecule has 2 rings (SSSR count). The maximum Gasteiger partial charge on any atom is 0.183 e. The first kappa shape index (κ1) is 7.06. The average Bonchev–Trinajstić information content (AvgIpc) is 2.46. The normalized spacial score (nSPS) is 10.6. The second-order valence-electron chi connectivity index (χ2n) is 2.02. The molecule has 4 heteroatoms. The van der Waals surface area contributed by atoms with E-state index in [4.69, 9.17) is 0 Å². The lowest BCUT2D eigenvalue weighted by Gasteiger charge is -1.80. The van der Waals surface area contributed by atoms with Gasteiger partial charge in [0.15, 0.2) is 4.34 Å². The van der Waals surface area contributed by atoms with Gasteiger partial charge in [0.25, 0.3) is 0 Å². The standard InChI is InChI=1S/C7H4FNS2/c8-11-7-9-5-3-1-2-4-6(5)10-7/h1-4H. The van der Waals surface area contributed by atoms with E-state index in [0.717, 1.165) is 10.2 Å². The first-order valence-electron chi connectivity index (χ1n) is 3.04. The van der Waals surface area contributed by atoms with Gasteiger partial charge >= 0.3 is 0 Å². The molecule has 0 atom stereocenters. The molecule has 0 amide bonds. The van der Waals surface area contributed by atoms with Gasteiger partial charge in [-0.3, -0.25) is 0 Å². The predicted molar refractivity (Wildman–Crippen MR) is 46.6 cm³/mol. The first-order chi connectivity index (χ1) is 5.40. The minimum atomic E-state index is 0.202. The van der Waals surface area contributed by atoms with Gasteiger partial charge < -0.3 is 0 Å². The Morgan fingerprint density at radius 3 is 2.91 bits per heavy atom. The largest absolute Gasteiger partial charge is 0.227 e. The highest BCUT2D eigenvalue weighted by atomic mass is 32.2. The maximum absolute atomic E-state index is 12.0. The van der Waals surface area contributed by atoms with Crippen LogP contribution in [0.3, 0.4) is 0 Å². The minimum Gasteiger partial charge on any atom is -0.227 e. The molecule has 0 unspecified atom stereocenters. The highest BCUT2D eigenvalue weighted by Crippen LogP contribution is 2.29. The molecule has 1 nitrogen and oxygen atoms in total. The van der Waals surface area contributed by atoms with Crippen LogP contribution in [0.5, 0.6) is 0 Å². The Morgan fingerprint density at radius 2 is 2.18 bits per heavy atom. The highest BCUT2D eigenvalue weighted by molar-refractivity contribution is 7.96. The molecule has 0 spiro atoms. The molecule has 0 fully saturated rings. The maximum atomic E-state index is 12.0. The van der Waals surface area contributed by atoms with Crippen molar-refractivity contribution in [3.8, 4) is 0 Å². The van der Waals surface area contributed by atoms with Gasteiger partial charge in [-0.05, 0) is 12.1 Å². The number of aromatic nitrogens is 1. The summed E-state index contributed by atoms with van der Waals surface area (Å²) in [6, 6.07) is 7.64. The molecule has 0 radical (unpaired) electrons. The fraction of sp³-hybridized carbons (Fsp3) is 0. The van der Waals surface area contributed by atoms with Gasteiger partial charge in [-0.25, -0.2) is 4.98 Å². The van der Waals surface area contributed by atoms with Crippen molar-refractivity contribution >= 4 is 33.7 Å². The molecule has 1 aromatic heterocycles. The van der Waals surface area contributed by atoms with Crippen LogP contribution in [0, 0.1) is 0 Å². The van der Waals surface area contributed by atoms with Crippen molar-refractivity contribution in [1.82, 2.24) is 4.98 Å². The predicted octanol–water partition coefficient (Wildman–Crippen LogP) is 3.27. The number of benzene rings is 1. The van der Waals surface area contributed by atoms with Gasteiger partial charge in [0.1, 0.15) is 12.1 Å². The van der Waals surface area contributed by atoms with E-state index >= 15 is 0 Å². The van der Waals surface area contributed by atoms with E-state index in [0.29, 0.717) is 4.34 Å². The Balaban J connectivity index is 2.69. The van der Waals surface area contributed by atoms with Crippen LogP contribution < -0.4 is 0 Å². The van der Waals surface area contributed by atoms with E-state index in [1.165, 1.54) is 11.3 Å². The van der Waals surface area contributed by atoms with Crippen LogP contribution in [0.2, 0.25) is 0 Å². The van der Waals surface area contributed by atoms with E-state index in [-0.39, 0.29) is 12.1 Å². The third-order valence-electron chi connectivity index (χ3n) is 1.34. The fourth-order valence-corrected chi connectivity index (χ4v) is 2.11. The van der Waals surface area contributed by atoms with Crippen molar-refractivity contribution in [1.29, 1.82) is 0 Å². The molecule has 2 aromatic rings. The van der Waals surface area contributed by atoms with Gasteiger partial charge in [0.2, 0.25) is 0 Å². The second kappa shape index (κ2) is 2.79.